The van der Waals surface area contributed by atoms with Crippen molar-refractivity contribution >= 4 is 28.5 Å². The van der Waals surface area contributed by atoms with Crippen LogP contribution in [0.25, 0.3) is 11.0 Å². The van der Waals surface area contributed by atoms with E-state index in [4.69, 9.17) is 0 Å². The number of non-ortho nitro benzene ring substituents is 1. The molecule has 4 rings (SSSR count). The lowest BCUT2D eigenvalue weighted by molar-refractivity contribution is -0.383. The zero-order valence-electron chi connectivity index (χ0n) is 12.9. The first-order chi connectivity index (χ1) is 12.1. The monoisotopic (exact) mass is 336 g/mol. The molecule has 124 valence electrons. The Kier molecular flexibility index (Phi) is 3.31. The second-order valence-corrected chi connectivity index (χ2v) is 5.67. The van der Waals surface area contributed by atoms with Crippen molar-refractivity contribution in [1.29, 1.82) is 0 Å². The maximum Gasteiger partial charge on any atom is 0.297 e. The normalized spacial score (nSPS) is 13.5. The van der Waals surface area contributed by atoms with Crippen molar-refractivity contribution in [1.82, 2.24) is 14.9 Å². The summed E-state index contributed by atoms with van der Waals surface area (Å²) in [5.41, 5.74) is 1.53. The van der Waals surface area contributed by atoms with Gasteiger partial charge in [0.25, 0.3) is 17.5 Å². The van der Waals surface area contributed by atoms with Crippen LogP contribution in [0.1, 0.15) is 26.5 Å². The molecule has 0 saturated heterocycles. The van der Waals surface area contributed by atoms with Crippen LogP contribution in [0.5, 0.6) is 0 Å². The van der Waals surface area contributed by atoms with E-state index in [-0.39, 0.29) is 36.0 Å². The van der Waals surface area contributed by atoms with Crippen LogP contribution >= 0.6 is 0 Å². The van der Waals surface area contributed by atoms with Crippen LogP contribution in [0.4, 0.5) is 5.69 Å². The van der Waals surface area contributed by atoms with Crippen LogP contribution < -0.4 is 0 Å². The van der Waals surface area contributed by atoms with Gasteiger partial charge in [0.2, 0.25) is 0 Å². The van der Waals surface area contributed by atoms with Gasteiger partial charge >= 0.3 is 0 Å². The molecule has 8 heteroatoms. The first-order valence-corrected chi connectivity index (χ1v) is 7.63. The highest BCUT2D eigenvalue weighted by atomic mass is 16.6. The average molecular weight is 336 g/mol. The maximum atomic E-state index is 12.3. The predicted octanol–water partition coefficient (Wildman–Crippen LogP) is 2.31. The van der Waals surface area contributed by atoms with E-state index in [9.17, 15) is 19.7 Å². The van der Waals surface area contributed by atoms with Crippen LogP contribution in [-0.2, 0) is 6.42 Å². The molecule has 0 spiro atoms. The maximum absolute atomic E-state index is 12.3. The lowest BCUT2D eigenvalue weighted by Gasteiger charge is -2.12. The number of amides is 2. The summed E-state index contributed by atoms with van der Waals surface area (Å²) in [6.45, 7) is 0.153. The third-order valence-corrected chi connectivity index (χ3v) is 4.19. The highest BCUT2D eigenvalue weighted by Gasteiger charge is 2.34. The fourth-order valence-electron chi connectivity index (χ4n) is 2.99. The van der Waals surface area contributed by atoms with Crippen molar-refractivity contribution in [3.05, 3.63) is 69.5 Å². The van der Waals surface area contributed by atoms with Crippen molar-refractivity contribution in [3.63, 3.8) is 0 Å². The number of aromatic amines is 1. The fraction of sp³-hybridized carbons (Fsp3) is 0.118. The van der Waals surface area contributed by atoms with E-state index >= 15 is 0 Å². The van der Waals surface area contributed by atoms with E-state index in [2.05, 4.69) is 9.97 Å². The summed E-state index contributed by atoms with van der Waals surface area (Å²) in [5, 5.41) is 11.1. The van der Waals surface area contributed by atoms with Gasteiger partial charge in [-0.1, -0.05) is 18.2 Å². The summed E-state index contributed by atoms with van der Waals surface area (Å²) in [6, 6.07) is 11.3. The minimum Gasteiger partial charge on any atom is -0.342 e. The van der Waals surface area contributed by atoms with E-state index in [0.717, 1.165) is 0 Å². The standard InChI is InChI=1S/C17H12N4O4/c22-16-10-4-1-2-5-11(10)17(23)20(16)9-8-14-18-12-6-3-7-13(21(24)25)15(12)19-14/h1-7H,8-9H2,(H,18,19). The number of nitrogens with zero attached hydrogens (tertiary/aromatic N) is 3. The molecule has 25 heavy (non-hydrogen) atoms. The van der Waals surface area contributed by atoms with Gasteiger partial charge in [-0.15, -0.1) is 0 Å². The molecule has 0 radical (unpaired) electrons. The Morgan fingerprint density at radius 2 is 1.72 bits per heavy atom. The number of nitrogens with one attached hydrogen (secondary N) is 1. The van der Waals surface area contributed by atoms with Gasteiger partial charge in [0.15, 0.2) is 5.52 Å². The van der Waals surface area contributed by atoms with E-state index in [1.807, 2.05) is 0 Å². The molecule has 1 N–H and O–H groups in total. The lowest BCUT2D eigenvalue weighted by atomic mass is 10.1. The molecule has 8 nitrogen and oxygen atoms in total. The van der Waals surface area contributed by atoms with Gasteiger partial charge in [-0.2, -0.15) is 0 Å². The SMILES string of the molecule is O=C1c2ccccc2C(=O)N1CCc1nc2c([N+](=O)[O-])cccc2[nH]1. The number of hydrogen-bond acceptors (Lipinski definition) is 5. The number of carbonyl (C=O) groups excluding carboxylic acids is 2. The number of imidazole rings is 1. The number of H-pyrrole nitrogens is 1. The number of rotatable bonds is 4. The quantitative estimate of drug-likeness (QED) is 0.447. The van der Waals surface area contributed by atoms with Crippen molar-refractivity contribution < 1.29 is 14.5 Å². The van der Waals surface area contributed by atoms with Gasteiger partial charge < -0.3 is 4.98 Å². The van der Waals surface area contributed by atoms with Crippen LogP contribution in [0.3, 0.4) is 0 Å². The third-order valence-electron chi connectivity index (χ3n) is 4.19. The molecule has 0 fully saturated rings. The molecule has 1 aliphatic rings. The molecule has 2 amide bonds. The van der Waals surface area contributed by atoms with E-state index in [1.165, 1.54) is 11.0 Å². The van der Waals surface area contributed by atoms with Crippen LogP contribution in [0, 0.1) is 10.1 Å². The summed E-state index contributed by atoms with van der Waals surface area (Å²) in [4.78, 5) is 43.6. The number of nitro benzene ring substituents is 1. The topological polar surface area (TPSA) is 109 Å². The van der Waals surface area contributed by atoms with Gasteiger partial charge in [-0.05, 0) is 18.2 Å². The second kappa shape index (κ2) is 5.52. The van der Waals surface area contributed by atoms with E-state index in [0.29, 0.717) is 22.5 Å². The van der Waals surface area contributed by atoms with Crippen molar-refractivity contribution in [2.24, 2.45) is 0 Å². The minimum atomic E-state index is -0.489. The number of carbonyl (C=O) groups is 2. The van der Waals surface area contributed by atoms with Crippen LogP contribution in [0.15, 0.2) is 42.5 Å². The summed E-state index contributed by atoms with van der Waals surface area (Å²) < 4.78 is 0. The largest absolute Gasteiger partial charge is 0.342 e. The fourth-order valence-corrected chi connectivity index (χ4v) is 2.99. The number of aromatic nitrogens is 2. The Hall–Kier alpha value is -3.55. The summed E-state index contributed by atoms with van der Waals surface area (Å²) >= 11 is 0. The molecular formula is C17H12N4O4. The molecule has 1 aliphatic heterocycles. The Morgan fingerprint density at radius 3 is 2.36 bits per heavy atom. The molecule has 0 bridgehead atoms. The highest BCUT2D eigenvalue weighted by Crippen LogP contribution is 2.25. The first kappa shape index (κ1) is 15.0. The Morgan fingerprint density at radius 1 is 1.04 bits per heavy atom. The van der Waals surface area contributed by atoms with Gasteiger partial charge in [-0.25, -0.2) is 4.98 Å². The predicted molar refractivity (Wildman–Crippen MR) is 88.3 cm³/mol. The third kappa shape index (κ3) is 2.35. The molecular weight excluding hydrogens is 324 g/mol. The molecule has 0 aliphatic carbocycles. The summed E-state index contributed by atoms with van der Waals surface area (Å²) in [5.74, 6) is -0.175. The Bertz CT molecular complexity index is 1010. The highest BCUT2D eigenvalue weighted by molar-refractivity contribution is 6.21. The molecule has 0 unspecified atom stereocenters. The van der Waals surface area contributed by atoms with Crippen molar-refractivity contribution in [3.8, 4) is 0 Å². The average Bonchev–Trinajstić information content (AvgIpc) is 3.13. The van der Waals surface area contributed by atoms with E-state index < -0.39 is 4.92 Å². The number of hydrogen-bond donors (Lipinski definition) is 1. The van der Waals surface area contributed by atoms with Crippen LogP contribution in [0.2, 0.25) is 0 Å². The zero-order valence-corrected chi connectivity index (χ0v) is 12.9. The molecule has 0 saturated carbocycles. The second-order valence-electron chi connectivity index (χ2n) is 5.67. The smallest absolute Gasteiger partial charge is 0.297 e. The molecule has 3 aromatic rings. The van der Waals surface area contributed by atoms with Crippen molar-refractivity contribution in [2.45, 2.75) is 6.42 Å². The van der Waals surface area contributed by atoms with E-state index in [1.54, 1.807) is 36.4 Å². The molecule has 2 heterocycles. The summed E-state index contributed by atoms with van der Waals surface area (Å²) in [7, 11) is 0. The first-order valence-electron chi connectivity index (χ1n) is 7.63. The number of benzene rings is 2. The van der Waals surface area contributed by atoms with Gasteiger partial charge in [0, 0.05) is 19.0 Å². The number of nitro groups is 1. The van der Waals surface area contributed by atoms with Gasteiger partial charge in [0.05, 0.1) is 21.6 Å². The molecule has 1 aromatic heterocycles. The number of para-hydroxylation sites is 1. The zero-order chi connectivity index (χ0) is 17.6. The number of fused-ring (bicyclic) bond motifs is 2. The minimum absolute atomic E-state index is 0.0827. The number of imide groups is 1. The lowest BCUT2D eigenvalue weighted by Crippen LogP contribution is -2.31. The van der Waals surface area contributed by atoms with Crippen molar-refractivity contribution in [2.75, 3.05) is 6.54 Å². The summed E-state index contributed by atoms with van der Waals surface area (Å²) in [6.07, 6.45) is 0.289. The molecule has 2 aromatic carbocycles. The van der Waals surface area contributed by atoms with Gasteiger partial charge in [0.1, 0.15) is 5.82 Å². The van der Waals surface area contributed by atoms with Crippen LogP contribution in [-0.4, -0.2) is 38.2 Å². The Balaban J connectivity index is 1.58. The molecule has 0 atom stereocenters. The van der Waals surface area contributed by atoms with Gasteiger partial charge in [-0.3, -0.25) is 24.6 Å². The Labute approximate surface area is 141 Å².